The molecule has 2 atom stereocenters. The van der Waals surface area contributed by atoms with Gasteiger partial charge in [0, 0.05) is 13.0 Å². The van der Waals surface area contributed by atoms with E-state index in [-0.39, 0.29) is 6.10 Å². The van der Waals surface area contributed by atoms with Gasteiger partial charge in [-0.1, -0.05) is 24.3 Å². The van der Waals surface area contributed by atoms with Crippen molar-refractivity contribution < 1.29 is 9.84 Å². The van der Waals surface area contributed by atoms with Gasteiger partial charge >= 0.3 is 0 Å². The van der Waals surface area contributed by atoms with Crippen LogP contribution in [0.4, 0.5) is 0 Å². The summed E-state index contributed by atoms with van der Waals surface area (Å²) in [5, 5.41) is 13.6. The van der Waals surface area contributed by atoms with Crippen LogP contribution in [-0.4, -0.2) is 30.4 Å². The van der Waals surface area contributed by atoms with Crippen molar-refractivity contribution in [2.75, 3.05) is 19.7 Å². The molecule has 2 aliphatic heterocycles. The third-order valence-corrected chi connectivity index (χ3v) is 3.88. The Kier molecular flexibility index (Phi) is 2.90. The fraction of sp³-hybridized carbons (Fsp3) is 0.571. The van der Waals surface area contributed by atoms with Gasteiger partial charge in [-0.3, -0.25) is 0 Å². The Balaban J connectivity index is 1.81. The molecule has 3 nitrogen and oxygen atoms in total. The quantitative estimate of drug-likeness (QED) is 0.811. The van der Waals surface area contributed by atoms with Crippen molar-refractivity contribution in [2.24, 2.45) is 0 Å². The SMILES string of the molecule is OC1(CC2OCCc3ccccc32)CCNC1. The lowest BCUT2D eigenvalue weighted by Crippen LogP contribution is -2.35. The van der Waals surface area contributed by atoms with E-state index >= 15 is 0 Å². The van der Waals surface area contributed by atoms with Crippen LogP contribution in [-0.2, 0) is 11.2 Å². The van der Waals surface area contributed by atoms with Crippen molar-refractivity contribution in [1.82, 2.24) is 5.32 Å². The molecule has 2 N–H and O–H groups in total. The number of nitrogens with one attached hydrogen (secondary N) is 1. The average molecular weight is 233 g/mol. The zero-order valence-corrected chi connectivity index (χ0v) is 9.98. The Labute approximate surface area is 102 Å². The molecule has 2 unspecified atom stereocenters. The van der Waals surface area contributed by atoms with E-state index < -0.39 is 5.60 Å². The largest absolute Gasteiger partial charge is 0.388 e. The number of hydrogen-bond donors (Lipinski definition) is 2. The third kappa shape index (κ3) is 2.23. The van der Waals surface area contributed by atoms with E-state index in [9.17, 15) is 5.11 Å². The lowest BCUT2D eigenvalue weighted by Gasteiger charge is -2.31. The van der Waals surface area contributed by atoms with E-state index in [2.05, 4.69) is 29.6 Å². The molecule has 2 heterocycles. The molecule has 2 aliphatic rings. The topological polar surface area (TPSA) is 41.5 Å². The highest BCUT2D eigenvalue weighted by Crippen LogP contribution is 2.35. The van der Waals surface area contributed by atoms with Crippen LogP contribution in [0.25, 0.3) is 0 Å². The molecule has 1 aromatic carbocycles. The maximum Gasteiger partial charge on any atom is 0.0855 e. The summed E-state index contributed by atoms with van der Waals surface area (Å²) in [6.07, 6.45) is 2.58. The monoisotopic (exact) mass is 233 g/mol. The van der Waals surface area contributed by atoms with Crippen LogP contribution in [0.2, 0.25) is 0 Å². The van der Waals surface area contributed by atoms with Crippen molar-refractivity contribution in [3.05, 3.63) is 35.4 Å². The van der Waals surface area contributed by atoms with Crippen LogP contribution in [0.1, 0.15) is 30.1 Å². The number of ether oxygens (including phenoxy) is 1. The number of aliphatic hydroxyl groups is 1. The highest BCUT2D eigenvalue weighted by atomic mass is 16.5. The van der Waals surface area contributed by atoms with E-state index in [4.69, 9.17) is 4.74 Å². The van der Waals surface area contributed by atoms with Gasteiger partial charge in [-0.15, -0.1) is 0 Å². The van der Waals surface area contributed by atoms with Gasteiger partial charge < -0.3 is 15.2 Å². The summed E-state index contributed by atoms with van der Waals surface area (Å²) >= 11 is 0. The molecule has 0 saturated carbocycles. The molecule has 0 radical (unpaired) electrons. The van der Waals surface area contributed by atoms with Gasteiger partial charge in [0.15, 0.2) is 0 Å². The minimum absolute atomic E-state index is 0.0600. The number of β-amino-alcohol motifs (C(OH)–C–C–N with tert-alkyl or cyclic N) is 1. The molecule has 1 fully saturated rings. The number of rotatable bonds is 2. The van der Waals surface area contributed by atoms with E-state index in [1.54, 1.807) is 0 Å². The first kappa shape index (κ1) is 11.2. The van der Waals surface area contributed by atoms with Gasteiger partial charge in [0.05, 0.1) is 18.3 Å². The second-order valence-electron chi connectivity index (χ2n) is 5.16. The van der Waals surface area contributed by atoms with Crippen molar-refractivity contribution in [2.45, 2.75) is 31.0 Å². The summed E-state index contributed by atoms with van der Waals surface area (Å²) in [6.45, 7) is 2.37. The lowest BCUT2D eigenvalue weighted by molar-refractivity contribution is -0.0358. The molecule has 0 bridgehead atoms. The normalized spacial score (nSPS) is 32.4. The fourth-order valence-corrected chi connectivity index (χ4v) is 2.90. The molecule has 0 aliphatic carbocycles. The number of hydrogen-bond acceptors (Lipinski definition) is 3. The second-order valence-corrected chi connectivity index (χ2v) is 5.16. The zero-order valence-electron chi connectivity index (χ0n) is 9.98. The first-order valence-corrected chi connectivity index (χ1v) is 6.39. The molecule has 1 aromatic rings. The van der Waals surface area contributed by atoms with Crippen molar-refractivity contribution in [1.29, 1.82) is 0 Å². The van der Waals surface area contributed by atoms with Crippen LogP contribution < -0.4 is 5.32 Å². The number of benzene rings is 1. The van der Waals surface area contributed by atoms with E-state index in [1.165, 1.54) is 11.1 Å². The molecule has 3 heteroatoms. The van der Waals surface area contributed by atoms with E-state index in [0.29, 0.717) is 13.0 Å². The Hall–Kier alpha value is -0.900. The van der Waals surface area contributed by atoms with Crippen LogP contribution in [0.5, 0.6) is 0 Å². The van der Waals surface area contributed by atoms with Gasteiger partial charge in [-0.05, 0) is 30.5 Å². The first-order valence-electron chi connectivity index (χ1n) is 6.39. The van der Waals surface area contributed by atoms with Crippen LogP contribution >= 0.6 is 0 Å². The van der Waals surface area contributed by atoms with Crippen LogP contribution in [0, 0.1) is 0 Å². The summed E-state index contributed by atoms with van der Waals surface area (Å²) < 4.78 is 5.84. The molecular weight excluding hydrogens is 214 g/mol. The van der Waals surface area contributed by atoms with Gasteiger partial charge in [0.1, 0.15) is 0 Å². The highest BCUT2D eigenvalue weighted by Gasteiger charge is 2.36. The second kappa shape index (κ2) is 4.41. The van der Waals surface area contributed by atoms with Crippen LogP contribution in [0.15, 0.2) is 24.3 Å². The third-order valence-electron chi connectivity index (χ3n) is 3.88. The maximum atomic E-state index is 10.4. The number of fused-ring (bicyclic) bond motifs is 1. The Bertz CT molecular complexity index is 399. The minimum atomic E-state index is -0.588. The smallest absolute Gasteiger partial charge is 0.0855 e. The predicted molar refractivity (Wildman–Crippen MR) is 65.9 cm³/mol. The maximum absolute atomic E-state index is 10.4. The van der Waals surface area contributed by atoms with Gasteiger partial charge in [0.25, 0.3) is 0 Å². The molecule has 1 saturated heterocycles. The molecule has 0 spiro atoms. The molecular formula is C14H19NO2. The predicted octanol–water partition coefficient (Wildman–Crippen LogP) is 1.41. The standard InChI is InChI=1S/C14H19NO2/c16-14(6-7-15-10-14)9-13-12-4-2-1-3-11(12)5-8-17-13/h1-4,13,15-16H,5-10H2. The summed E-state index contributed by atoms with van der Waals surface area (Å²) in [4.78, 5) is 0. The van der Waals surface area contributed by atoms with Crippen molar-refractivity contribution in [3.8, 4) is 0 Å². The van der Waals surface area contributed by atoms with Gasteiger partial charge in [-0.2, -0.15) is 0 Å². The van der Waals surface area contributed by atoms with Crippen molar-refractivity contribution >= 4 is 0 Å². The van der Waals surface area contributed by atoms with Gasteiger partial charge in [0.2, 0.25) is 0 Å². The highest BCUT2D eigenvalue weighted by molar-refractivity contribution is 5.31. The summed E-state index contributed by atoms with van der Waals surface area (Å²) in [5.74, 6) is 0. The molecule has 0 aromatic heterocycles. The molecule has 0 amide bonds. The Morgan fingerprint density at radius 1 is 1.41 bits per heavy atom. The summed E-state index contributed by atoms with van der Waals surface area (Å²) in [7, 11) is 0. The Morgan fingerprint density at radius 2 is 2.29 bits per heavy atom. The molecule has 17 heavy (non-hydrogen) atoms. The van der Waals surface area contributed by atoms with Crippen LogP contribution in [0.3, 0.4) is 0 Å². The van der Waals surface area contributed by atoms with Crippen molar-refractivity contribution in [3.63, 3.8) is 0 Å². The summed E-state index contributed by atoms with van der Waals surface area (Å²) in [6, 6.07) is 8.43. The zero-order chi connectivity index (χ0) is 11.7. The lowest BCUT2D eigenvalue weighted by atomic mass is 9.88. The van der Waals surface area contributed by atoms with E-state index in [0.717, 1.165) is 26.0 Å². The molecule has 3 rings (SSSR count). The minimum Gasteiger partial charge on any atom is -0.388 e. The molecule has 92 valence electrons. The van der Waals surface area contributed by atoms with E-state index in [1.807, 2.05) is 0 Å². The van der Waals surface area contributed by atoms with Gasteiger partial charge in [-0.25, -0.2) is 0 Å². The fourth-order valence-electron chi connectivity index (χ4n) is 2.90. The average Bonchev–Trinajstić information content (AvgIpc) is 2.76. The summed E-state index contributed by atoms with van der Waals surface area (Å²) in [5.41, 5.74) is 2.05. The Morgan fingerprint density at radius 3 is 3.12 bits per heavy atom. The first-order chi connectivity index (χ1) is 8.27.